The molecule has 166 valence electrons. The smallest absolute Gasteiger partial charge is 0.305 e. The second kappa shape index (κ2) is 10.6. The van der Waals surface area contributed by atoms with Crippen molar-refractivity contribution in [1.29, 1.82) is 0 Å². The summed E-state index contributed by atoms with van der Waals surface area (Å²) in [6.07, 6.45) is 9.04. The largest absolute Gasteiger partial charge is 0.469 e. The molecular weight excluding hydrogens is 400 g/mol. The molecule has 1 aromatic rings. The van der Waals surface area contributed by atoms with Crippen molar-refractivity contribution < 1.29 is 14.3 Å². The zero-order valence-corrected chi connectivity index (χ0v) is 18.8. The van der Waals surface area contributed by atoms with Crippen LogP contribution in [0, 0.1) is 5.92 Å². The number of hydrogen-bond acceptors (Lipinski definition) is 4. The molecule has 0 radical (unpaired) electrons. The van der Waals surface area contributed by atoms with E-state index in [9.17, 15) is 9.59 Å². The van der Waals surface area contributed by atoms with Gasteiger partial charge in [-0.05, 0) is 93.5 Å². The van der Waals surface area contributed by atoms with E-state index in [0.717, 1.165) is 76.6 Å². The highest BCUT2D eigenvalue weighted by molar-refractivity contribution is 5.97. The first-order valence-electron chi connectivity index (χ1n) is 11.4. The van der Waals surface area contributed by atoms with Gasteiger partial charge in [-0.25, -0.2) is 0 Å². The molecule has 0 unspecified atom stereocenters. The Balaban J connectivity index is 0.00000256. The quantitative estimate of drug-likeness (QED) is 0.709. The zero-order valence-electron chi connectivity index (χ0n) is 18.0. The summed E-state index contributed by atoms with van der Waals surface area (Å²) in [7, 11) is 1.45. The number of amides is 1. The Morgan fingerprint density at radius 3 is 2.57 bits per heavy atom. The standard InChI is InChI=1S/C24H34N2O3.ClH/c1-29-23(27)9-4-17-2-7-21(8-3-17)26-15-12-19-5-6-20(16-22(19)24(26)28)18-10-13-25-14-11-18;/h5-6,16-18,21,25H,2-4,7-15H2,1H3;1H. The zero-order chi connectivity index (χ0) is 20.2. The van der Waals surface area contributed by atoms with Gasteiger partial charge in [-0.3, -0.25) is 9.59 Å². The molecule has 1 aliphatic carbocycles. The van der Waals surface area contributed by atoms with Crippen molar-refractivity contribution in [2.24, 2.45) is 5.92 Å². The van der Waals surface area contributed by atoms with E-state index in [1.807, 2.05) is 0 Å². The van der Waals surface area contributed by atoms with E-state index in [4.69, 9.17) is 4.74 Å². The highest BCUT2D eigenvalue weighted by Gasteiger charge is 2.33. The third-order valence-corrected chi connectivity index (χ3v) is 7.30. The van der Waals surface area contributed by atoms with Crippen LogP contribution in [0.5, 0.6) is 0 Å². The Labute approximate surface area is 186 Å². The lowest BCUT2D eigenvalue weighted by molar-refractivity contribution is -0.141. The molecule has 2 heterocycles. The highest BCUT2D eigenvalue weighted by atomic mass is 35.5. The van der Waals surface area contributed by atoms with E-state index in [-0.39, 0.29) is 24.3 Å². The molecule has 3 aliphatic rings. The Bertz CT molecular complexity index is 740. The van der Waals surface area contributed by atoms with Crippen LogP contribution in [0.1, 0.15) is 78.8 Å². The third kappa shape index (κ3) is 5.17. The van der Waals surface area contributed by atoms with Gasteiger partial charge in [0, 0.05) is 24.6 Å². The van der Waals surface area contributed by atoms with Crippen LogP contribution in [0.2, 0.25) is 0 Å². The average Bonchev–Trinajstić information content (AvgIpc) is 2.78. The van der Waals surface area contributed by atoms with Crippen molar-refractivity contribution in [3.63, 3.8) is 0 Å². The number of carbonyl (C=O) groups excluding carboxylic acids is 2. The first-order chi connectivity index (χ1) is 14.2. The predicted octanol–water partition coefficient (Wildman–Crippen LogP) is 4.09. The van der Waals surface area contributed by atoms with E-state index in [0.29, 0.717) is 24.3 Å². The van der Waals surface area contributed by atoms with Crippen LogP contribution in [0.4, 0.5) is 0 Å². The lowest BCUT2D eigenvalue weighted by atomic mass is 9.81. The van der Waals surface area contributed by atoms with E-state index < -0.39 is 0 Å². The first kappa shape index (κ1) is 23.1. The summed E-state index contributed by atoms with van der Waals surface area (Å²) < 4.78 is 4.76. The maximum atomic E-state index is 13.3. The van der Waals surface area contributed by atoms with Gasteiger partial charge in [-0.1, -0.05) is 12.1 Å². The van der Waals surface area contributed by atoms with Gasteiger partial charge in [-0.15, -0.1) is 12.4 Å². The second-order valence-corrected chi connectivity index (χ2v) is 8.98. The number of benzene rings is 1. The monoisotopic (exact) mass is 434 g/mol. The van der Waals surface area contributed by atoms with Gasteiger partial charge in [0.25, 0.3) is 5.91 Å². The predicted molar refractivity (Wildman–Crippen MR) is 120 cm³/mol. The fourth-order valence-corrected chi connectivity index (χ4v) is 5.44. The number of rotatable bonds is 5. The molecule has 1 saturated carbocycles. The minimum Gasteiger partial charge on any atom is -0.469 e. The number of halogens is 1. The number of nitrogens with zero attached hydrogens (tertiary/aromatic N) is 1. The minimum absolute atomic E-state index is 0. The Morgan fingerprint density at radius 2 is 1.87 bits per heavy atom. The van der Waals surface area contributed by atoms with Crippen molar-refractivity contribution in [2.45, 2.75) is 69.7 Å². The van der Waals surface area contributed by atoms with E-state index >= 15 is 0 Å². The summed E-state index contributed by atoms with van der Waals surface area (Å²) in [6, 6.07) is 7.00. The van der Waals surface area contributed by atoms with Gasteiger partial charge >= 0.3 is 5.97 Å². The molecule has 0 aromatic heterocycles. The van der Waals surface area contributed by atoms with Crippen LogP contribution in [-0.2, 0) is 16.0 Å². The highest BCUT2D eigenvalue weighted by Crippen LogP contribution is 2.34. The number of nitrogens with one attached hydrogen (secondary N) is 1. The van der Waals surface area contributed by atoms with Gasteiger partial charge in [-0.2, -0.15) is 0 Å². The molecule has 30 heavy (non-hydrogen) atoms. The Hall–Kier alpha value is -1.59. The average molecular weight is 435 g/mol. The Kier molecular flexibility index (Phi) is 8.18. The number of piperidine rings is 1. The number of hydrogen-bond donors (Lipinski definition) is 1. The molecular formula is C24H35ClN2O3. The van der Waals surface area contributed by atoms with Crippen molar-refractivity contribution in [1.82, 2.24) is 10.2 Å². The molecule has 1 N–H and O–H groups in total. The van der Waals surface area contributed by atoms with Crippen LogP contribution in [0.25, 0.3) is 0 Å². The summed E-state index contributed by atoms with van der Waals surface area (Å²) in [5, 5.41) is 3.43. The number of methoxy groups -OCH3 is 1. The van der Waals surface area contributed by atoms with Crippen molar-refractivity contribution in [3.8, 4) is 0 Å². The number of esters is 1. The lowest BCUT2D eigenvalue weighted by Gasteiger charge is -2.39. The van der Waals surface area contributed by atoms with Gasteiger partial charge in [0.1, 0.15) is 0 Å². The molecule has 4 rings (SSSR count). The van der Waals surface area contributed by atoms with Crippen LogP contribution in [-0.4, -0.2) is 49.6 Å². The van der Waals surface area contributed by atoms with E-state index in [1.165, 1.54) is 18.2 Å². The van der Waals surface area contributed by atoms with E-state index in [1.54, 1.807) is 0 Å². The third-order valence-electron chi connectivity index (χ3n) is 7.30. The summed E-state index contributed by atoms with van der Waals surface area (Å²) in [5.74, 6) is 1.29. The first-order valence-corrected chi connectivity index (χ1v) is 11.4. The SMILES string of the molecule is COC(=O)CCC1CCC(N2CCc3ccc(C4CCNCC4)cc3C2=O)CC1.Cl. The normalized spacial score (nSPS) is 24.7. The number of fused-ring (bicyclic) bond motifs is 1. The van der Waals surface area contributed by atoms with Gasteiger partial charge < -0.3 is 15.0 Å². The Morgan fingerprint density at radius 1 is 1.13 bits per heavy atom. The minimum atomic E-state index is -0.112. The molecule has 1 amide bonds. The molecule has 2 aliphatic heterocycles. The van der Waals surface area contributed by atoms with Crippen molar-refractivity contribution >= 4 is 24.3 Å². The summed E-state index contributed by atoms with van der Waals surface area (Å²) in [6.45, 7) is 2.98. The van der Waals surface area contributed by atoms with Crippen LogP contribution < -0.4 is 5.32 Å². The van der Waals surface area contributed by atoms with Crippen LogP contribution in [0.15, 0.2) is 18.2 Å². The van der Waals surface area contributed by atoms with E-state index in [2.05, 4.69) is 28.4 Å². The van der Waals surface area contributed by atoms with Crippen LogP contribution in [0.3, 0.4) is 0 Å². The molecule has 0 bridgehead atoms. The van der Waals surface area contributed by atoms with Crippen molar-refractivity contribution in [2.75, 3.05) is 26.7 Å². The second-order valence-electron chi connectivity index (χ2n) is 8.98. The fraction of sp³-hybridized carbons (Fsp3) is 0.667. The molecule has 0 atom stereocenters. The molecule has 6 heteroatoms. The van der Waals surface area contributed by atoms with Gasteiger partial charge in [0.15, 0.2) is 0 Å². The van der Waals surface area contributed by atoms with Gasteiger partial charge in [0.2, 0.25) is 0 Å². The summed E-state index contributed by atoms with van der Waals surface area (Å²) in [4.78, 5) is 26.9. The molecule has 2 fully saturated rings. The molecule has 1 saturated heterocycles. The maximum Gasteiger partial charge on any atom is 0.305 e. The molecule has 5 nitrogen and oxygen atoms in total. The fourth-order valence-electron chi connectivity index (χ4n) is 5.44. The van der Waals surface area contributed by atoms with Crippen molar-refractivity contribution in [3.05, 3.63) is 34.9 Å². The topological polar surface area (TPSA) is 58.6 Å². The summed E-state index contributed by atoms with van der Waals surface area (Å²) in [5.41, 5.74) is 3.50. The van der Waals surface area contributed by atoms with Crippen LogP contribution >= 0.6 is 12.4 Å². The van der Waals surface area contributed by atoms with Gasteiger partial charge in [0.05, 0.1) is 7.11 Å². The lowest BCUT2D eigenvalue weighted by Crippen LogP contribution is -2.46. The molecule has 1 aromatic carbocycles. The maximum absolute atomic E-state index is 13.3. The number of carbonyl (C=O) groups is 2. The number of ether oxygens (including phenoxy) is 1. The molecule has 0 spiro atoms. The summed E-state index contributed by atoms with van der Waals surface area (Å²) >= 11 is 0.